The van der Waals surface area contributed by atoms with Crippen molar-refractivity contribution in [3.63, 3.8) is 0 Å². The first kappa shape index (κ1) is 26.4. The summed E-state index contributed by atoms with van der Waals surface area (Å²) in [6, 6.07) is 5.56. The summed E-state index contributed by atoms with van der Waals surface area (Å²) in [4.78, 5) is 52.5. The highest BCUT2D eigenvalue weighted by atomic mass is 19.4. The third-order valence-corrected chi connectivity index (χ3v) is 7.29. The molecule has 12 heteroatoms. The average molecular weight is 520 g/mol. The van der Waals surface area contributed by atoms with Crippen LogP contribution in [-0.2, 0) is 24.6 Å². The molecule has 1 aliphatic carbocycles. The molecule has 3 N–H and O–H groups in total. The Balaban J connectivity index is 1.56. The summed E-state index contributed by atoms with van der Waals surface area (Å²) in [5, 5.41) is 16.9. The van der Waals surface area contributed by atoms with Crippen molar-refractivity contribution in [2.45, 2.75) is 69.2 Å². The van der Waals surface area contributed by atoms with Crippen molar-refractivity contribution in [2.24, 2.45) is 11.8 Å². The van der Waals surface area contributed by atoms with Gasteiger partial charge in [0.05, 0.1) is 11.5 Å². The molecule has 1 aromatic rings. The van der Waals surface area contributed by atoms with Crippen LogP contribution in [0.15, 0.2) is 24.3 Å². The molecule has 4 atom stereocenters. The summed E-state index contributed by atoms with van der Waals surface area (Å²) in [6.45, 7) is 2.89. The fourth-order valence-electron chi connectivity index (χ4n) is 5.11. The number of halogens is 3. The monoisotopic (exact) mass is 519 g/mol. The van der Waals surface area contributed by atoms with Gasteiger partial charge >= 0.3 is 12.1 Å². The van der Waals surface area contributed by atoms with Gasteiger partial charge in [-0.2, -0.15) is 18.4 Å². The number of fused-ring (bicyclic) bond motifs is 2. The number of amides is 4. The Morgan fingerprint density at radius 3 is 2.49 bits per heavy atom. The summed E-state index contributed by atoms with van der Waals surface area (Å²) >= 11 is 0. The van der Waals surface area contributed by atoms with E-state index in [4.69, 9.17) is 0 Å². The first-order chi connectivity index (χ1) is 17.4. The summed E-state index contributed by atoms with van der Waals surface area (Å²) < 4.78 is 38.4. The summed E-state index contributed by atoms with van der Waals surface area (Å²) in [6.07, 6.45) is -3.18. The molecule has 198 valence electrons. The Morgan fingerprint density at radius 2 is 1.89 bits per heavy atom. The first-order valence-corrected chi connectivity index (χ1v) is 12.2. The Morgan fingerprint density at radius 1 is 1.22 bits per heavy atom. The van der Waals surface area contributed by atoms with Gasteiger partial charge in [0.1, 0.15) is 18.1 Å². The molecule has 0 unspecified atom stereocenters. The largest absolute Gasteiger partial charge is 0.471 e. The van der Waals surface area contributed by atoms with Crippen molar-refractivity contribution < 1.29 is 32.3 Å². The highest BCUT2D eigenvalue weighted by molar-refractivity contribution is 6.07. The van der Waals surface area contributed by atoms with E-state index in [1.54, 1.807) is 29.6 Å². The van der Waals surface area contributed by atoms with Crippen LogP contribution in [0.1, 0.15) is 45.1 Å². The van der Waals surface area contributed by atoms with E-state index in [0.29, 0.717) is 11.3 Å². The van der Waals surface area contributed by atoms with Gasteiger partial charge in [-0.05, 0) is 29.9 Å². The molecule has 1 spiro atoms. The molecule has 37 heavy (non-hydrogen) atoms. The van der Waals surface area contributed by atoms with Gasteiger partial charge in [0.15, 0.2) is 0 Å². The second-order valence-electron chi connectivity index (χ2n) is 10.3. The van der Waals surface area contributed by atoms with E-state index in [1.807, 2.05) is 0 Å². The van der Waals surface area contributed by atoms with E-state index in [1.165, 1.54) is 18.7 Å². The zero-order valence-corrected chi connectivity index (χ0v) is 20.4. The number of likely N-dealkylation sites (tertiary alicyclic amines) is 1. The number of anilines is 1. The van der Waals surface area contributed by atoms with Gasteiger partial charge in [0, 0.05) is 18.7 Å². The molecule has 0 radical (unpaired) electrons. The van der Waals surface area contributed by atoms with Gasteiger partial charge < -0.3 is 20.9 Å². The normalized spacial score (nSPS) is 24.3. The minimum absolute atomic E-state index is 0.0671. The summed E-state index contributed by atoms with van der Waals surface area (Å²) in [5.74, 6) is -4.61. The SMILES string of the molecule is CC(C)[C@H](NC(=O)C(F)(F)F)C(=O)N[C@@H](CC1CC1)C(=O)N1C[C@]2(C[C@H]1C#N)C(=O)Nc1ccccc12. The van der Waals surface area contributed by atoms with Crippen LogP contribution in [0.2, 0.25) is 0 Å². The zero-order chi connectivity index (χ0) is 27.1. The lowest BCUT2D eigenvalue weighted by molar-refractivity contribution is -0.175. The fraction of sp³-hybridized carbons (Fsp3) is 0.560. The van der Waals surface area contributed by atoms with Gasteiger partial charge in [-0.25, -0.2) is 0 Å². The number of hydrogen-bond donors (Lipinski definition) is 3. The molecule has 1 saturated heterocycles. The standard InChI is InChI=1S/C25H28F3N5O4/c1-13(2)19(32-23(37)25(26,27)28)20(34)30-18(9-14-7-8-14)21(35)33-12-24(10-15(33)11-29)16-5-3-4-6-17(16)31-22(24)36/h3-6,13-15,18-19H,7-10,12H2,1-2H3,(H,30,34)(H,31,36)(H,32,37)/t15-,18-,19-,24-/m0/s1. The third kappa shape index (κ3) is 5.12. The molecule has 3 aliphatic rings. The van der Waals surface area contributed by atoms with Crippen LogP contribution in [0, 0.1) is 23.2 Å². The average Bonchev–Trinajstić information content (AvgIpc) is 3.50. The maximum atomic E-state index is 13.7. The number of rotatable bonds is 7. The maximum Gasteiger partial charge on any atom is 0.471 e. The van der Waals surface area contributed by atoms with Crippen molar-refractivity contribution in [3.8, 4) is 6.07 Å². The predicted octanol–water partition coefficient (Wildman–Crippen LogP) is 1.99. The van der Waals surface area contributed by atoms with Gasteiger partial charge in [-0.1, -0.05) is 44.9 Å². The van der Waals surface area contributed by atoms with E-state index in [-0.39, 0.29) is 31.2 Å². The molecular formula is C25H28F3N5O4. The first-order valence-electron chi connectivity index (χ1n) is 12.2. The number of carbonyl (C=O) groups is 4. The van der Waals surface area contributed by atoms with Gasteiger partial charge in [-0.3, -0.25) is 19.2 Å². The number of hydrogen-bond acceptors (Lipinski definition) is 5. The number of alkyl halides is 3. The second kappa shape index (κ2) is 9.68. The lowest BCUT2D eigenvalue weighted by Gasteiger charge is -2.29. The smallest absolute Gasteiger partial charge is 0.342 e. The molecule has 4 amide bonds. The third-order valence-electron chi connectivity index (χ3n) is 7.29. The van der Waals surface area contributed by atoms with Crippen molar-refractivity contribution in [2.75, 3.05) is 11.9 Å². The van der Waals surface area contributed by atoms with Gasteiger partial charge in [0.25, 0.3) is 0 Å². The van der Waals surface area contributed by atoms with Crippen LogP contribution >= 0.6 is 0 Å². The second-order valence-corrected chi connectivity index (χ2v) is 10.3. The molecule has 2 heterocycles. The lowest BCUT2D eigenvalue weighted by Crippen LogP contribution is -2.58. The van der Waals surface area contributed by atoms with Crippen molar-refractivity contribution in [3.05, 3.63) is 29.8 Å². The minimum atomic E-state index is -5.17. The number of benzene rings is 1. The maximum absolute atomic E-state index is 13.7. The van der Waals surface area contributed by atoms with Crippen LogP contribution in [-0.4, -0.2) is 59.4 Å². The van der Waals surface area contributed by atoms with E-state index < -0.39 is 53.4 Å². The molecular weight excluding hydrogens is 491 g/mol. The lowest BCUT2D eigenvalue weighted by atomic mass is 9.80. The molecule has 2 fully saturated rings. The van der Waals surface area contributed by atoms with Crippen molar-refractivity contribution in [1.29, 1.82) is 5.26 Å². The Hall–Kier alpha value is -3.62. The molecule has 1 aromatic carbocycles. The quantitative estimate of drug-likeness (QED) is 0.507. The van der Waals surface area contributed by atoms with E-state index in [9.17, 15) is 37.6 Å². The van der Waals surface area contributed by atoms with E-state index in [0.717, 1.165) is 12.8 Å². The van der Waals surface area contributed by atoms with E-state index in [2.05, 4.69) is 16.7 Å². The van der Waals surface area contributed by atoms with Gasteiger partial charge in [0.2, 0.25) is 17.7 Å². The molecule has 9 nitrogen and oxygen atoms in total. The van der Waals surface area contributed by atoms with Crippen LogP contribution in [0.4, 0.5) is 18.9 Å². The van der Waals surface area contributed by atoms with Crippen LogP contribution in [0.25, 0.3) is 0 Å². The summed E-state index contributed by atoms with van der Waals surface area (Å²) in [5.41, 5.74) is 0.191. The Kier molecular flexibility index (Phi) is 6.92. The number of nitriles is 1. The molecule has 2 aliphatic heterocycles. The summed E-state index contributed by atoms with van der Waals surface area (Å²) in [7, 11) is 0. The highest BCUT2D eigenvalue weighted by Gasteiger charge is 2.56. The number of para-hydroxylation sites is 1. The van der Waals surface area contributed by atoms with Crippen LogP contribution in [0.3, 0.4) is 0 Å². The van der Waals surface area contributed by atoms with Crippen LogP contribution < -0.4 is 16.0 Å². The predicted molar refractivity (Wildman–Crippen MR) is 125 cm³/mol. The Labute approximate surface area is 211 Å². The minimum Gasteiger partial charge on any atom is -0.342 e. The number of nitrogens with one attached hydrogen (secondary N) is 3. The molecule has 0 bridgehead atoms. The zero-order valence-electron chi connectivity index (χ0n) is 20.4. The molecule has 1 saturated carbocycles. The fourth-order valence-corrected chi connectivity index (χ4v) is 5.11. The van der Waals surface area contributed by atoms with Crippen molar-refractivity contribution in [1.82, 2.24) is 15.5 Å². The van der Waals surface area contributed by atoms with Gasteiger partial charge in [-0.15, -0.1) is 0 Å². The number of nitrogens with zero attached hydrogens (tertiary/aromatic N) is 2. The van der Waals surface area contributed by atoms with Crippen LogP contribution in [0.5, 0.6) is 0 Å². The number of carbonyl (C=O) groups excluding carboxylic acids is 4. The highest BCUT2D eigenvalue weighted by Crippen LogP contribution is 2.46. The van der Waals surface area contributed by atoms with Crippen molar-refractivity contribution >= 4 is 29.3 Å². The Bertz CT molecular complexity index is 1160. The molecule has 4 rings (SSSR count). The topological polar surface area (TPSA) is 131 Å². The molecule has 0 aromatic heterocycles. The van der Waals surface area contributed by atoms with E-state index >= 15 is 0 Å².